The van der Waals surface area contributed by atoms with E-state index in [1.54, 1.807) is 24.3 Å². The normalized spacial score (nSPS) is 11.2. The summed E-state index contributed by atoms with van der Waals surface area (Å²) in [5, 5.41) is 7.58. The van der Waals surface area contributed by atoms with E-state index in [0.717, 1.165) is 17.7 Å². The maximum Gasteiger partial charge on any atom is 0.416 e. The fourth-order valence-electron chi connectivity index (χ4n) is 1.81. The number of halogens is 3. The molecule has 0 aliphatic rings. The number of ether oxygens (including phenoxy) is 1. The van der Waals surface area contributed by atoms with E-state index in [1.807, 2.05) is 0 Å². The molecule has 0 unspecified atom stereocenters. The number of hydrogen-bond acceptors (Lipinski definition) is 2. The van der Waals surface area contributed by atoms with Gasteiger partial charge in [-0.1, -0.05) is 24.3 Å². The Morgan fingerprint density at radius 3 is 2.20 bits per heavy atom. The molecule has 20 heavy (non-hydrogen) atoms. The molecule has 0 radical (unpaired) electrons. The van der Waals surface area contributed by atoms with Gasteiger partial charge in [0.2, 0.25) is 5.90 Å². The van der Waals surface area contributed by atoms with Crippen molar-refractivity contribution in [2.75, 3.05) is 7.11 Å². The Balaban J connectivity index is 2.35. The first-order chi connectivity index (χ1) is 9.41. The van der Waals surface area contributed by atoms with Crippen molar-refractivity contribution < 1.29 is 17.9 Å². The van der Waals surface area contributed by atoms with E-state index in [2.05, 4.69) is 0 Å². The number of methoxy groups -OCH3 is 1. The fourth-order valence-corrected chi connectivity index (χ4v) is 1.81. The zero-order valence-corrected chi connectivity index (χ0v) is 10.7. The standard InChI is InChI=1S/C15H12F3NO/c1-20-14(19)12-4-2-3-11(9-12)10-5-7-13(8-6-10)15(16,17)18/h2-9,19H,1H3. The van der Waals surface area contributed by atoms with Crippen LogP contribution in [-0.2, 0) is 10.9 Å². The van der Waals surface area contributed by atoms with Gasteiger partial charge in [-0.25, -0.2) is 0 Å². The monoisotopic (exact) mass is 279 g/mol. The second-order valence-electron chi connectivity index (χ2n) is 4.19. The minimum absolute atomic E-state index is 0.0127. The zero-order chi connectivity index (χ0) is 14.8. The molecule has 0 saturated carbocycles. The highest BCUT2D eigenvalue weighted by atomic mass is 19.4. The van der Waals surface area contributed by atoms with E-state index >= 15 is 0 Å². The Kier molecular flexibility index (Phi) is 3.79. The highest BCUT2D eigenvalue weighted by molar-refractivity contribution is 5.92. The van der Waals surface area contributed by atoms with Gasteiger partial charge in [0.25, 0.3) is 0 Å². The van der Waals surface area contributed by atoms with Crippen LogP contribution >= 0.6 is 0 Å². The minimum Gasteiger partial charge on any atom is -0.481 e. The Hall–Kier alpha value is -2.30. The van der Waals surface area contributed by atoms with Crippen molar-refractivity contribution >= 4 is 5.90 Å². The molecule has 0 atom stereocenters. The number of rotatable bonds is 2. The topological polar surface area (TPSA) is 33.1 Å². The van der Waals surface area contributed by atoms with Crippen molar-refractivity contribution in [3.8, 4) is 11.1 Å². The van der Waals surface area contributed by atoms with Gasteiger partial charge < -0.3 is 4.74 Å². The van der Waals surface area contributed by atoms with Gasteiger partial charge in [0.1, 0.15) is 0 Å². The lowest BCUT2D eigenvalue weighted by molar-refractivity contribution is -0.137. The van der Waals surface area contributed by atoms with Crippen molar-refractivity contribution in [3.05, 3.63) is 59.7 Å². The predicted octanol–water partition coefficient (Wildman–Crippen LogP) is 4.34. The lowest BCUT2D eigenvalue weighted by Gasteiger charge is -2.09. The third-order valence-electron chi connectivity index (χ3n) is 2.87. The third kappa shape index (κ3) is 2.99. The first-order valence-corrected chi connectivity index (χ1v) is 5.82. The van der Waals surface area contributed by atoms with Crippen LogP contribution in [0.25, 0.3) is 11.1 Å². The molecule has 1 N–H and O–H groups in total. The number of hydrogen-bond donors (Lipinski definition) is 1. The highest BCUT2D eigenvalue weighted by Gasteiger charge is 2.29. The van der Waals surface area contributed by atoms with E-state index in [4.69, 9.17) is 10.1 Å². The summed E-state index contributed by atoms with van der Waals surface area (Å²) in [4.78, 5) is 0. The van der Waals surface area contributed by atoms with Crippen molar-refractivity contribution in [3.63, 3.8) is 0 Å². The van der Waals surface area contributed by atoms with Gasteiger partial charge in [0, 0.05) is 5.56 Å². The van der Waals surface area contributed by atoms with Crippen LogP contribution in [0.1, 0.15) is 11.1 Å². The molecule has 0 spiro atoms. The second-order valence-corrected chi connectivity index (χ2v) is 4.19. The molecule has 0 fully saturated rings. The summed E-state index contributed by atoms with van der Waals surface area (Å²) in [5.74, 6) is 0.0127. The van der Waals surface area contributed by atoms with Crippen LogP contribution in [0, 0.1) is 5.41 Å². The van der Waals surface area contributed by atoms with Crippen LogP contribution in [0.3, 0.4) is 0 Å². The van der Waals surface area contributed by atoms with E-state index in [1.165, 1.54) is 19.2 Å². The molecule has 0 amide bonds. The second kappa shape index (κ2) is 5.36. The van der Waals surface area contributed by atoms with Crippen LogP contribution in [-0.4, -0.2) is 13.0 Å². The van der Waals surface area contributed by atoms with Gasteiger partial charge >= 0.3 is 6.18 Å². The summed E-state index contributed by atoms with van der Waals surface area (Å²) >= 11 is 0. The molecule has 2 rings (SSSR count). The molecule has 0 aliphatic heterocycles. The molecule has 0 saturated heterocycles. The largest absolute Gasteiger partial charge is 0.481 e. The summed E-state index contributed by atoms with van der Waals surface area (Å²) in [6, 6.07) is 11.8. The minimum atomic E-state index is -4.33. The summed E-state index contributed by atoms with van der Waals surface area (Å²) in [5.41, 5.74) is 1.29. The molecular weight excluding hydrogens is 267 g/mol. The van der Waals surface area contributed by atoms with Crippen LogP contribution in [0.5, 0.6) is 0 Å². The molecular formula is C15H12F3NO. The third-order valence-corrected chi connectivity index (χ3v) is 2.87. The Labute approximate surface area is 114 Å². The van der Waals surface area contributed by atoms with Crippen molar-refractivity contribution in [2.24, 2.45) is 0 Å². The predicted molar refractivity (Wildman–Crippen MR) is 70.7 cm³/mol. The summed E-state index contributed by atoms with van der Waals surface area (Å²) in [6.45, 7) is 0. The average molecular weight is 279 g/mol. The average Bonchev–Trinajstić information content (AvgIpc) is 2.46. The van der Waals surface area contributed by atoms with Gasteiger partial charge in [0.15, 0.2) is 0 Å². The van der Waals surface area contributed by atoms with Gasteiger partial charge in [-0.2, -0.15) is 13.2 Å². The molecule has 104 valence electrons. The van der Waals surface area contributed by atoms with Gasteiger partial charge in [-0.3, -0.25) is 5.41 Å². The Bertz CT molecular complexity index is 618. The van der Waals surface area contributed by atoms with E-state index < -0.39 is 11.7 Å². The Morgan fingerprint density at radius 1 is 1.00 bits per heavy atom. The summed E-state index contributed by atoms with van der Waals surface area (Å²) in [7, 11) is 1.40. The lowest BCUT2D eigenvalue weighted by Crippen LogP contribution is -2.04. The first-order valence-electron chi connectivity index (χ1n) is 5.82. The van der Waals surface area contributed by atoms with Crippen LogP contribution in [0.4, 0.5) is 13.2 Å². The van der Waals surface area contributed by atoms with Gasteiger partial charge in [-0.05, 0) is 35.4 Å². The molecule has 0 heterocycles. The number of benzene rings is 2. The quantitative estimate of drug-likeness (QED) is 0.643. The van der Waals surface area contributed by atoms with Crippen LogP contribution in [0.15, 0.2) is 48.5 Å². The lowest BCUT2D eigenvalue weighted by atomic mass is 10.0. The van der Waals surface area contributed by atoms with Gasteiger partial charge in [0.05, 0.1) is 12.7 Å². The van der Waals surface area contributed by atoms with E-state index in [-0.39, 0.29) is 5.90 Å². The van der Waals surface area contributed by atoms with Gasteiger partial charge in [-0.15, -0.1) is 0 Å². The SMILES string of the molecule is COC(=N)c1cccc(-c2ccc(C(F)(F)F)cc2)c1. The van der Waals surface area contributed by atoms with Crippen LogP contribution < -0.4 is 0 Å². The molecule has 2 aromatic carbocycles. The van der Waals surface area contributed by atoms with E-state index in [9.17, 15) is 13.2 Å². The molecule has 2 aromatic rings. The van der Waals surface area contributed by atoms with E-state index in [0.29, 0.717) is 11.1 Å². The van der Waals surface area contributed by atoms with Crippen molar-refractivity contribution in [1.29, 1.82) is 5.41 Å². The van der Waals surface area contributed by atoms with Crippen molar-refractivity contribution in [2.45, 2.75) is 6.18 Å². The fraction of sp³-hybridized carbons (Fsp3) is 0.133. The summed E-state index contributed by atoms with van der Waals surface area (Å²) in [6.07, 6.45) is -4.33. The maximum atomic E-state index is 12.5. The van der Waals surface area contributed by atoms with Crippen LogP contribution in [0.2, 0.25) is 0 Å². The highest BCUT2D eigenvalue weighted by Crippen LogP contribution is 2.31. The zero-order valence-electron chi connectivity index (χ0n) is 10.7. The smallest absolute Gasteiger partial charge is 0.416 e. The molecule has 2 nitrogen and oxygen atoms in total. The maximum absolute atomic E-state index is 12.5. The number of alkyl halides is 3. The van der Waals surface area contributed by atoms with Crippen molar-refractivity contribution in [1.82, 2.24) is 0 Å². The number of nitrogens with one attached hydrogen (secondary N) is 1. The summed E-state index contributed by atoms with van der Waals surface area (Å²) < 4.78 is 42.3. The molecule has 0 aliphatic carbocycles. The Morgan fingerprint density at radius 2 is 1.65 bits per heavy atom. The first kappa shape index (κ1) is 14.1. The molecule has 5 heteroatoms. The molecule has 0 bridgehead atoms. The molecule has 0 aromatic heterocycles.